The summed E-state index contributed by atoms with van der Waals surface area (Å²) >= 11 is 19.1. The van der Waals surface area contributed by atoms with Gasteiger partial charge in [-0.2, -0.15) is 0 Å². The third kappa shape index (κ3) is 15.8. The largest absolute Gasteiger partial charge is 2.00 e. The Morgan fingerprint density at radius 2 is 0.896 bits per heavy atom. The summed E-state index contributed by atoms with van der Waals surface area (Å²) in [5.74, 6) is 0.811. The molecule has 9 heteroatoms. The quantitative estimate of drug-likeness (QED) is 0.0926. The second-order valence-electron chi connectivity index (χ2n) is 10.4. The molecule has 0 saturated carbocycles. The first-order valence-electron chi connectivity index (χ1n) is 14.9. The summed E-state index contributed by atoms with van der Waals surface area (Å²) in [6.07, 6.45) is 1.69. The van der Waals surface area contributed by atoms with Crippen molar-refractivity contribution in [2.45, 2.75) is 39.5 Å². The average molecular weight is 943 g/mol. The van der Waals surface area contributed by atoms with Gasteiger partial charge < -0.3 is 17.5 Å². The van der Waals surface area contributed by atoms with E-state index in [1.807, 2.05) is 6.07 Å². The van der Waals surface area contributed by atoms with Gasteiger partial charge in [0, 0.05) is 6.21 Å². The molecule has 0 heterocycles. The molecule has 0 aliphatic carbocycles. The summed E-state index contributed by atoms with van der Waals surface area (Å²) in [5.41, 5.74) is 4.08. The Hall–Kier alpha value is -1.86. The molecule has 5 aromatic carbocycles. The molecule has 0 amide bonds. The van der Waals surface area contributed by atoms with Gasteiger partial charge in [-0.05, 0) is 52.4 Å². The van der Waals surface area contributed by atoms with Crippen LogP contribution in [0.15, 0.2) is 138 Å². The van der Waals surface area contributed by atoms with Gasteiger partial charge in [-0.1, -0.05) is 161 Å². The van der Waals surface area contributed by atoms with Gasteiger partial charge in [0.05, 0.1) is 16.4 Å². The molecule has 0 saturated heterocycles. The van der Waals surface area contributed by atoms with E-state index in [1.54, 1.807) is 24.4 Å². The number of hydrogen-bond acceptors (Lipinski definition) is 2. The van der Waals surface area contributed by atoms with Crippen molar-refractivity contribution < 1.29 is 38.6 Å². The molecule has 0 spiro atoms. The van der Waals surface area contributed by atoms with E-state index in [9.17, 15) is 5.11 Å². The van der Waals surface area contributed by atoms with Crippen molar-refractivity contribution in [3.05, 3.63) is 150 Å². The Kier molecular flexibility index (Phi) is 25.9. The number of halogens is 5. The number of hydrogen-bond donors (Lipinski definition) is 0. The third-order valence-electron chi connectivity index (χ3n) is 6.64. The van der Waals surface area contributed by atoms with Gasteiger partial charge in [0.1, 0.15) is 0 Å². The van der Waals surface area contributed by atoms with Gasteiger partial charge in [-0.3, -0.25) is 4.99 Å². The molecule has 5 rings (SSSR count). The number of para-hydroxylation sites is 2. The van der Waals surface area contributed by atoms with Crippen LogP contribution in [0, 0.1) is 0 Å². The van der Waals surface area contributed by atoms with Crippen LogP contribution in [0.2, 0.25) is 0 Å². The van der Waals surface area contributed by atoms with E-state index in [1.165, 1.54) is 27.0 Å². The van der Waals surface area contributed by atoms with E-state index in [-0.39, 0.29) is 49.9 Å². The molecule has 5 aromatic rings. The van der Waals surface area contributed by atoms with Crippen molar-refractivity contribution in [1.82, 2.24) is 0 Å². The summed E-state index contributed by atoms with van der Waals surface area (Å²) in [6.45, 7) is 8.67. The maximum absolute atomic E-state index is 11.8. The summed E-state index contributed by atoms with van der Waals surface area (Å²) in [4.78, 5) is 4.65. The van der Waals surface area contributed by atoms with Crippen LogP contribution in [0.5, 0.6) is 5.75 Å². The van der Waals surface area contributed by atoms with Gasteiger partial charge in [0.25, 0.3) is 0 Å². The topological polar surface area (TPSA) is 35.4 Å². The number of nitrogens with zero attached hydrogens (tertiary/aromatic N) is 1. The van der Waals surface area contributed by atoms with E-state index in [0.29, 0.717) is 17.4 Å². The standard InChI is InChI=1S/C19H23NO.C18H15P.2CH2Cl2.ClH.Pt/c1-13(2)16-9-7-10-17(14(3)4)19(16)20-12-15-8-5-6-11-18(15)21;1-4-10-16(11-5-1)19(17-12-6-2-7-13-17)18-14-8-3-9-15-18;2*2-1-3;;/h5-14,21H,1-4H3;1-15H;2*1H2;1H;/q;;;;;+2/p-2. The van der Waals surface area contributed by atoms with Gasteiger partial charge >= 0.3 is 21.1 Å². The monoisotopic (exact) mass is 940 g/mol. The van der Waals surface area contributed by atoms with Crippen LogP contribution in [0.3, 0.4) is 0 Å². The molecule has 48 heavy (non-hydrogen) atoms. The van der Waals surface area contributed by atoms with Gasteiger partial charge in [0.15, 0.2) is 0 Å². The number of rotatable bonds is 7. The summed E-state index contributed by atoms with van der Waals surface area (Å²) in [5, 5.41) is 16.4. The van der Waals surface area contributed by atoms with Crippen molar-refractivity contribution in [3.8, 4) is 5.75 Å². The van der Waals surface area contributed by atoms with Crippen LogP contribution in [0.4, 0.5) is 5.69 Å². The molecule has 0 radical (unpaired) electrons. The van der Waals surface area contributed by atoms with E-state index in [0.717, 1.165) is 5.69 Å². The van der Waals surface area contributed by atoms with Gasteiger partial charge in [-0.25, -0.2) is 0 Å². The number of benzene rings is 5. The molecule has 0 aliphatic rings. The number of alkyl halides is 4. The first kappa shape index (κ1) is 46.1. The SMILES string of the molecule is CC(C)c1cccc(C(C)C)c1N=Cc1ccccc1[O-].ClCCl.ClCCl.[Cl-].[Pt+2].c1ccc(P(c2ccccc2)c2ccccc2)cc1. The fraction of sp³-hybridized carbons (Fsp3) is 0.205. The predicted molar refractivity (Wildman–Crippen MR) is 206 cm³/mol. The Morgan fingerprint density at radius 1 is 0.562 bits per heavy atom. The Labute approximate surface area is 329 Å². The zero-order valence-corrected chi connectivity index (χ0v) is 34.3. The van der Waals surface area contributed by atoms with Gasteiger partial charge in [0.2, 0.25) is 0 Å². The molecule has 0 fully saturated rings. The van der Waals surface area contributed by atoms with Crippen molar-refractivity contribution in [3.63, 3.8) is 0 Å². The van der Waals surface area contributed by atoms with E-state index in [2.05, 4.69) is 142 Å². The van der Waals surface area contributed by atoms with Crippen molar-refractivity contribution >= 4 is 82.1 Å². The molecule has 0 aromatic heterocycles. The first-order valence-corrected chi connectivity index (χ1v) is 18.4. The molecule has 0 unspecified atom stereocenters. The normalized spacial score (nSPS) is 10.1. The minimum absolute atomic E-state index is 0. The van der Waals surface area contributed by atoms with E-state index < -0.39 is 7.92 Å². The minimum atomic E-state index is -0.446. The molecular weight excluding hydrogens is 902 g/mol. The Morgan fingerprint density at radius 3 is 1.23 bits per heavy atom. The molecule has 0 bridgehead atoms. The van der Waals surface area contributed by atoms with Gasteiger partial charge in [-0.15, -0.1) is 52.2 Å². The van der Waals surface area contributed by atoms with Crippen LogP contribution in [-0.4, -0.2) is 16.9 Å². The Bertz CT molecular complexity index is 1440. The van der Waals surface area contributed by atoms with Crippen molar-refractivity contribution in [1.29, 1.82) is 0 Å². The number of aliphatic imine (C=N–C) groups is 1. The van der Waals surface area contributed by atoms with E-state index >= 15 is 0 Å². The van der Waals surface area contributed by atoms with E-state index in [4.69, 9.17) is 46.4 Å². The summed E-state index contributed by atoms with van der Waals surface area (Å²) in [6, 6.07) is 45.6. The molecule has 0 aliphatic heterocycles. The fourth-order valence-corrected chi connectivity index (χ4v) is 6.87. The van der Waals surface area contributed by atoms with Crippen LogP contribution in [0.25, 0.3) is 0 Å². The first-order chi connectivity index (χ1) is 22.3. The van der Waals surface area contributed by atoms with Crippen molar-refractivity contribution in [2.75, 3.05) is 10.7 Å². The smallest absolute Gasteiger partial charge is 1.00 e. The minimum Gasteiger partial charge on any atom is -1.00 e. The maximum atomic E-state index is 11.8. The second kappa shape index (κ2) is 26.9. The third-order valence-corrected chi connectivity index (χ3v) is 9.08. The maximum Gasteiger partial charge on any atom is 2.00 e. The molecule has 2 nitrogen and oxygen atoms in total. The zero-order chi connectivity index (χ0) is 33.7. The van der Waals surface area contributed by atoms with Crippen LogP contribution in [0.1, 0.15) is 56.2 Å². The molecular formula is C39H41Cl5NOPPt. The second-order valence-corrected chi connectivity index (χ2v) is 14.3. The Balaban J connectivity index is 0.000000765. The van der Waals surface area contributed by atoms with Crippen molar-refractivity contribution in [2.24, 2.45) is 4.99 Å². The predicted octanol–water partition coefficient (Wildman–Crippen LogP) is 8.05. The van der Waals surface area contributed by atoms with Crippen LogP contribution in [-0.2, 0) is 21.1 Å². The average Bonchev–Trinajstić information content (AvgIpc) is 3.07. The fourth-order valence-electron chi connectivity index (χ4n) is 4.56. The molecule has 258 valence electrons. The summed E-state index contributed by atoms with van der Waals surface area (Å²) < 4.78 is 0. The zero-order valence-electron chi connectivity index (χ0n) is 27.4. The molecule has 0 N–H and O–H groups in total. The van der Waals surface area contributed by atoms with Crippen LogP contribution < -0.4 is 33.4 Å². The molecule has 0 atom stereocenters. The van der Waals surface area contributed by atoms with Crippen LogP contribution >= 0.6 is 54.3 Å². The summed E-state index contributed by atoms with van der Waals surface area (Å²) in [7, 11) is -0.446.